The predicted octanol–water partition coefficient (Wildman–Crippen LogP) is 5.32. The molecule has 0 aliphatic carbocycles. The van der Waals surface area contributed by atoms with Gasteiger partial charge in [0.2, 0.25) is 0 Å². The highest BCUT2D eigenvalue weighted by molar-refractivity contribution is 6.00. The highest BCUT2D eigenvalue weighted by Crippen LogP contribution is 2.50. The molecule has 35 heavy (non-hydrogen) atoms. The Morgan fingerprint density at radius 2 is 1.66 bits per heavy atom. The first-order chi connectivity index (χ1) is 16.2. The van der Waals surface area contributed by atoms with E-state index in [0.717, 1.165) is 5.39 Å². The number of benzene rings is 2. The number of rotatable bonds is 5. The third-order valence-electron chi connectivity index (χ3n) is 5.57. The molecule has 1 N–H and O–H groups in total. The smallest absolute Gasteiger partial charge is 0.408 e. The fraction of sp³-hybridized carbons (Fsp3) is 0.519. The lowest BCUT2D eigenvalue weighted by Crippen LogP contribution is -2.48. The minimum Gasteiger partial charge on any atom is -0.487 e. The molecule has 8 nitrogen and oxygen atoms in total. The van der Waals surface area contributed by atoms with E-state index in [-0.39, 0.29) is 17.4 Å². The quantitative estimate of drug-likeness (QED) is 0.452. The van der Waals surface area contributed by atoms with Crippen molar-refractivity contribution in [3.63, 3.8) is 0 Å². The Bertz CT molecular complexity index is 1140. The first-order valence-electron chi connectivity index (χ1n) is 11.8. The van der Waals surface area contributed by atoms with E-state index in [2.05, 4.69) is 5.32 Å². The van der Waals surface area contributed by atoms with Gasteiger partial charge in [0.05, 0.1) is 0 Å². The van der Waals surface area contributed by atoms with E-state index in [4.69, 9.17) is 18.9 Å². The summed E-state index contributed by atoms with van der Waals surface area (Å²) in [6.07, 6.45) is 0.501. The molecule has 0 aromatic heterocycles. The van der Waals surface area contributed by atoms with E-state index in [1.165, 1.54) is 6.92 Å². The van der Waals surface area contributed by atoms with Crippen molar-refractivity contribution in [2.24, 2.45) is 5.92 Å². The standard InChI is InChI=1S/C27H35NO7/c1-15(2)20(28-25(31)35-26(4,5)6)24(30)33-23-19-13-14-27(7,8)34-21(19)17-11-9-10-12-18(17)22(23)32-16(3)29/h9-12,15,20H,13-14H2,1-8H3,(H,28,31)/t20-/m0/s1. The molecular formula is C27H35NO7. The van der Waals surface area contributed by atoms with Gasteiger partial charge in [-0.25, -0.2) is 9.59 Å². The van der Waals surface area contributed by atoms with Crippen LogP contribution in [0.5, 0.6) is 17.2 Å². The Kier molecular flexibility index (Phi) is 7.34. The molecule has 1 heterocycles. The molecule has 2 aromatic carbocycles. The molecule has 3 rings (SSSR count). The average Bonchev–Trinajstić information content (AvgIpc) is 2.72. The Balaban J connectivity index is 2.09. The van der Waals surface area contributed by atoms with Gasteiger partial charge in [-0.2, -0.15) is 0 Å². The minimum atomic E-state index is -0.988. The Morgan fingerprint density at radius 1 is 1.03 bits per heavy atom. The normalized spacial score (nSPS) is 15.6. The third kappa shape index (κ3) is 6.24. The lowest BCUT2D eigenvalue weighted by Gasteiger charge is -2.35. The summed E-state index contributed by atoms with van der Waals surface area (Å²) in [6.45, 7) is 14.1. The van der Waals surface area contributed by atoms with Gasteiger partial charge >= 0.3 is 18.0 Å². The van der Waals surface area contributed by atoms with Crippen LogP contribution in [-0.2, 0) is 20.7 Å². The van der Waals surface area contributed by atoms with Gasteiger partial charge in [-0.1, -0.05) is 38.1 Å². The molecule has 0 spiro atoms. The van der Waals surface area contributed by atoms with Crippen LogP contribution < -0.4 is 19.5 Å². The highest BCUT2D eigenvalue weighted by atomic mass is 16.6. The zero-order valence-electron chi connectivity index (χ0n) is 21.7. The molecule has 190 valence electrons. The molecule has 2 aromatic rings. The van der Waals surface area contributed by atoms with Gasteiger partial charge in [0.25, 0.3) is 0 Å². The number of hydrogen-bond acceptors (Lipinski definition) is 7. The number of carbonyl (C=O) groups is 3. The summed E-state index contributed by atoms with van der Waals surface area (Å²) in [5, 5.41) is 3.96. The van der Waals surface area contributed by atoms with E-state index in [1.54, 1.807) is 40.7 Å². The SMILES string of the molecule is CC(=O)Oc1c(OC(=O)[C@@H](NC(=O)OC(C)(C)C)C(C)C)c2c(c3ccccc13)OC(C)(C)CC2. The number of esters is 2. The van der Waals surface area contributed by atoms with Crippen LogP contribution >= 0.6 is 0 Å². The van der Waals surface area contributed by atoms with Crippen molar-refractivity contribution in [2.45, 2.75) is 85.5 Å². The Labute approximate surface area is 206 Å². The Morgan fingerprint density at radius 3 is 2.23 bits per heavy atom. The highest BCUT2D eigenvalue weighted by Gasteiger charge is 2.36. The van der Waals surface area contributed by atoms with E-state index >= 15 is 0 Å². The van der Waals surface area contributed by atoms with Gasteiger partial charge in [-0.15, -0.1) is 0 Å². The van der Waals surface area contributed by atoms with Crippen LogP contribution in [0.3, 0.4) is 0 Å². The lowest BCUT2D eigenvalue weighted by molar-refractivity contribution is -0.139. The molecule has 0 saturated carbocycles. The molecule has 0 fully saturated rings. The van der Waals surface area contributed by atoms with Gasteiger partial charge in [0, 0.05) is 23.3 Å². The number of nitrogens with one attached hydrogen (secondary N) is 1. The molecule has 0 unspecified atom stereocenters. The van der Waals surface area contributed by atoms with E-state index in [0.29, 0.717) is 29.5 Å². The number of fused-ring (bicyclic) bond motifs is 3. The average molecular weight is 486 g/mol. The summed E-state index contributed by atoms with van der Waals surface area (Å²) in [6, 6.07) is 6.36. The second-order valence-corrected chi connectivity index (χ2v) is 10.8. The van der Waals surface area contributed by atoms with Gasteiger partial charge in [-0.05, 0) is 53.4 Å². The molecule has 1 atom stereocenters. The van der Waals surface area contributed by atoms with Crippen LogP contribution in [-0.4, -0.2) is 35.3 Å². The summed E-state index contributed by atoms with van der Waals surface area (Å²) in [7, 11) is 0. The van der Waals surface area contributed by atoms with Gasteiger partial charge < -0.3 is 24.3 Å². The first-order valence-corrected chi connectivity index (χ1v) is 11.8. The number of amides is 1. The van der Waals surface area contributed by atoms with Gasteiger partial charge in [-0.3, -0.25) is 4.79 Å². The maximum atomic E-state index is 13.4. The zero-order chi connectivity index (χ0) is 26.1. The molecule has 1 aliphatic rings. The van der Waals surface area contributed by atoms with Crippen LogP contribution in [0.2, 0.25) is 0 Å². The molecule has 1 amide bonds. The maximum absolute atomic E-state index is 13.4. The molecule has 0 bridgehead atoms. The van der Waals surface area contributed by atoms with Gasteiger partial charge in [0.15, 0.2) is 11.5 Å². The topological polar surface area (TPSA) is 100 Å². The fourth-order valence-corrected chi connectivity index (χ4v) is 3.95. The fourth-order valence-electron chi connectivity index (χ4n) is 3.95. The second-order valence-electron chi connectivity index (χ2n) is 10.8. The van der Waals surface area contributed by atoms with E-state index in [9.17, 15) is 14.4 Å². The minimum absolute atomic E-state index is 0.131. The second kappa shape index (κ2) is 9.76. The van der Waals surface area contributed by atoms with Crippen LogP contribution in [0, 0.1) is 5.92 Å². The van der Waals surface area contributed by atoms with Crippen molar-refractivity contribution in [1.29, 1.82) is 0 Å². The lowest BCUT2D eigenvalue weighted by atomic mass is 9.91. The number of carbonyl (C=O) groups excluding carboxylic acids is 3. The van der Waals surface area contributed by atoms with Gasteiger partial charge in [0.1, 0.15) is 23.0 Å². The molecule has 1 aliphatic heterocycles. The molecule has 0 saturated heterocycles. The number of ether oxygens (including phenoxy) is 4. The summed E-state index contributed by atoms with van der Waals surface area (Å²) in [5.74, 6) is -0.650. The largest absolute Gasteiger partial charge is 0.487 e. The van der Waals surface area contributed by atoms with Crippen LogP contribution in [0.1, 0.15) is 67.4 Å². The number of hydrogen-bond donors (Lipinski definition) is 1. The molecule has 8 heteroatoms. The van der Waals surface area contributed by atoms with Crippen molar-refractivity contribution in [3.8, 4) is 17.2 Å². The zero-order valence-corrected chi connectivity index (χ0v) is 21.7. The van der Waals surface area contributed by atoms with Crippen molar-refractivity contribution >= 4 is 28.8 Å². The predicted molar refractivity (Wildman–Crippen MR) is 132 cm³/mol. The number of alkyl carbamates (subject to hydrolysis) is 1. The maximum Gasteiger partial charge on any atom is 0.408 e. The summed E-state index contributed by atoms with van der Waals surface area (Å²) >= 11 is 0. The third-order valence-corrected chi connectivity index (χ3v) is 5.57. The van der Waals surface area contributed by atoms with Crippen molar-refractivity contribution < 1.29 is 33.3 Å². The summed E-state index contributed by atoms with van der Waals surface area (Å²) in [5.41, 5.74) is -0.495. The summed E-state index contributed by atoms with van der Waals surface area (Å²) < 4.78 is 23.1. The monoisotopic (exact) mass is 485 g/mol. The van der Waals surface area contributed by atoms with Crippen LogP contribution in [0.25, 0.3) is 10.8 Å². The van der Waals surface area contributed by atoms with E-state index < -0.39 is 35.3 Å². The van der Waals surface area contributed by atoms with Crippen molar-refractivity contribution in [3.05, 3.63) is 29.8 Å². The van der Waals surface area contributed by atoms with E-state index in [1.807, 2.05) is 32.0 Å². The molecular weight excluding hydrogens is 450 g/mol. The van der Waals surface area contributed by atoms with Crippen molar-refractivity contribution in [1.82, 2.24) is 5.32 Å². The van der Waals surface area contributed by atoms with Crippen LogP contribution in [0.4, 0.5) is 4.79 Å². The molecule has 0 radical (unpaired) electrons. The van der Waals surface area contributed by atoms with Crippen molar-refractivity contribution in [2.75, 3.05) is 0 Å². The van der Waals surface area contributed by atoms with Crippen LogP contribution in [0.15, 0.2) is 24.3 Å². The summed E-state index contributed by atoms with van der Waals surface area (Å²) in [4.78, 5) is 37.8. The Hall–Kier alpha value is -3.29. The first kappa shape index (κ1) is 26.3.